The van der Waals surface area contributed by atoms with E-state index < -0.39 is 0 Å². The average molecular weight is 286 g/mol. The Balaban J connectivity index is 2.31. The Morgan fingerprint density at radius 2 is 2.19 bits per heavy atom. The van der Waals surface area contributed by atoms with Crippen LogP contribution in [-0.4, -0.2) is 36.1 Å². The van der Waals surface area contributed by atoms with Crippen molar-refractivity contribution in [3.63, 3.8) is 0 Å². The second-order valence-corrected chi connectivity index (χ2v) is 5.27. The average Bonchev–Trinajstić information content (AvgIpc) is 2.16. The van der Waals surface area contributed by atoms with E-state index in [1.165, 1.54) is 5.56 Å². The topological polar surface area (TPSA) is 28.2 Å². The molecular weight excluding hydrogens is 266 g/mol. The summed E-state index contributed by atoms with van der Waals surface area (Å²) in [6, 6.07) is 2.67. The highest BCUT2D eigenvalue weighted by Gasteiger charge is 2.01. The maximum Gasteiger partial charge on any atom is 0.0410 e. The molecule has 0 spiro atoms. The fraction of sp³-hybridized carbons (Fsp3) is 0.583. The van der Waals surface area contributed by atoms with Crippen molar-refractivity contribution in [1.29, 1.82) is 0 Å². The van der Waals surface area contributed by atoms with Gasteiger partial charge in [-0.3, -0.25) is 4.98 Å². The Morgan fingerprint density at radius 3 is 2.81 bits per heavy atom. The maximum atomic E-state index is 4.16. The van der Waals surface area contributed by atoms with Gasteiger partial charge < -0.3 is 10.2 Å². The number of nitrogens with one attached hydrogen (secondary N) is 1. The van der Waals surface area contributed by atoms with Gasteiger partial charge in [-0.1, -0.05) is 13.8 Å². The van der Waals surface area contributed by atoms with Crippen molar-refractivity contribution in [1.82, 2.24) is 15.2 Å². The lowest BCUT2D eigenvalue weighted by Gasteiger charge is -2.17. The Bertz CT molecular complexity index is 315. The van der Waals surface area contributed by atoms with E-state index in [9.17, 15) is 0 Å². The van der Waals surface area contributed by atoms with Crippen molar-refractivity contribution in [2.45, 2.75) is 26.4 Å². The van der Waals surface area contributed by atoms with Crippen molar-refractivity contribution in [3.8, 4) is 0 Å². The van der Waals surface area contributed by atoms with Crippen LogP contribution < -0.4 is 5.32 Å². The molecule has 0 fully saturated rings. The molecule has 1 N–H and O–H groups in total. The lowest BCUT2D eigenvalue weighted by molar-refractivity contribution is 0.319. The van der Waals surface area contributed by atoms with Crippen LogP contribution in [0.1, 0.15) is 19.4 Å². The molecule has 90 valence electrons. The molecule has 0 unspecified atom stereocenters. The highest BCUT2D eigenvalue weighted by Crippen LogP contribution is 2.10. The largest absolute Gasteiger partial charge is 0.313 e. The number of aromatic nitrogens is 1. The van der Waals surface area contributed by atoms with Crippen LogP contribution >= 0.6 is 15.9 Å². The van der Waals surface area contributed by atoms with Gasteiger partial charge in [-0.2, -0.15) is 0 Å². The molecule has 0 saturated heterocycles. The standard InChI is InChI=1S/C12H20BrN3/c1-10(2)15-4-5-16(3)9-11-6-12(13)8-14-7-11/h6-8,10,15H,4-5,9H2,1-3H3. The Hall–Kier alpha value is -0.450. The van der Waals surface area contributed by atoms with Crippen molar-refractivity contribution in [3.05, 3.63) is 28.5 Å². The van der Waals surface area contributed by atoms with E-state index in [1.807, 2.05) is 12.4 Å². The molecule has 0 amide bonds. The number of hydrogen-bond acceptors (Lipinski definition) is 3. The van der Waals surface area contributed by atoms with Gasteiger partial charge in [0.15, 0.2) is 0 Å². The molecule has 0 aliphatic carbocycles. The summed E-state index contributed by atoms with van der Waals surface area (Å²) < 4.78 is 1.04. The van der Waals surface area contributed by atoms with Gasteiger partial charge in [0.25, 0.3) is 0 Å². The summed E-state index contributed by atoms with van der Waals surface area (Å²) in [6.45, 7) is 7.34. The highest BCUT2D eigenvalue weighted by molar-refractivity contribution is 9.10. The smallest absolute Gasteiger partial charge is 0.0410 e. The van der Waals surface area contributed by atoms with Gasteiger partial charge >= 0.3 is 0 Å². The van der Waals surface area contributed by atoms with Crippen molar-refractivity contribution < 1.29 is 0 Å². The van der Waals surface area contributed by atoms with Crippen LogP contribution in [0.5, 0.6) is 0 Å². The van der Waals surface area contributed by atoms with E-state index in [1.54, 1.807) is 0 Å². The third-order valence-corrected chi connectivity index (χ3v) is 2.69. The molecule has 1 heterocycles. The zero-order valence-corrected chi connectivity index (χ0v) is 11.8. The SMILES string of the molecule is CC(C)NCCN(C)Cc1cncc(Br)c1. The monoisotopic (exact) mass is 285 g/mol. The summed E-state index contributed by atoms with van der Waals surface area (Å²) in [5.41, 5.74) is 1.24. The summed E-state index contributed by atoms with van der Waals surface area (Å²) in [5, 5.41) is 3.41. The van der Waals surface area contributed by atoms with Crippen molar-refractivity contribution >= 4 is 15.9 Å². The third-order valence-electron chi connectivity index (χ3n) is 2.26. The number of pyridine rings is 1. The first-order valence-electron chi connectivity index (χ1n) is 5.59. The lowest BCUT2D eigenvalue weighted by atomic mass is 10.2. The molecule has 4 heteroatoms. The van der Waals surface area contributed by atoms with Crippen LogP contribution in [-0.2, 0) is 6.54 Å². The van der Waals surface area contributed by atoms with E-state index in [2.05, 4.69) is 58.1 Å². The van der Waals surface area contributed by atoms with Crippen molar-refractivity contribution in [2.24, 2.45) is 0 Å². The lowest BCUT2D eigenvalue weighted by Crippen LogP contribution is -2.32. The van der Waals surface area contributed by atoms with Crippen LogP contribution in [0.4, 0.5) is 0 Å². The van der Waals surface area contributed by atoms with E-state index in [-0.39, 0.29) is 0 Å². The summed E-state index contributed by atoms with van der Waals surface area (Å²) in [7, 11) is 2.13. The van der Waals surface area contributed by atoms with Crippen LogP contribution in [0, 0.1) is 0 Å². The van der Waals surface area contributed by atoms with Gasteiger partial charge in [0.2, 0.25) is 0 Å². The Morgan fingerprint density at radius 1 is 1.44 bits per heavy atom. The van der Waals surface area contributed by atoms with Gasteiger partial charge in [-0.25, -0.2) is 0 Å². The number of nitrogens with zero attached hydrogens (tertiary/aromatic N) is 2. The summed E-state index contributed by atoms with van der Waals surface area (Å²) in [5.74, 6) is 0. The van der Waals surface area contributed by atoms with Gasteiger partial charge in [0.05, 0.1) is 0 Å². The Kier molecular flexibility index (Phi) is 5.95. The van der Waals surface area contributed by atoms with Gasteiger partial charge in [0, 0.05) is 42.5 Å². The molecule has 0 aliphatic heterocycles. The normalized spacial score (nSPS) is 11.4. The summed E-state index contributed by atoms with van der Waals surface area (Å²) in [4.78, 5) is 6.45. The predicted octanol–water partition coefficient (Wildman–Crippen LogP) is 2.27. The highest BCUT2D eigenvalue weighted by atomic mass is 79.9. The molecule has 0 aliphatic rings. The van der Waals surface area contributed by atoms with E-state index in [0.29, 0.717) is 6.04 Å². The zero-order chi connectivity index (χ0) is 12.0. The van der Waals surface area contributed by atoms with Gasteiger partial charge in [-0.15, -0.1) is 0 Å². The molecular formula is C12H20BrN3. The quantitative estimate of drug-likeness (QED) is 0.869. The van der Waals surface area contributed by atoms with Gasteiger partial charge in [0.1, 0.15) is 0 Å². The predicted molar refractivity (Wildman–Crippen MR) is 71.4 cm³/mol. The second kappa shape index (κ2) is 6.99. The fourth-order valence-electron chi connectivity index (χ4n) is 1.48. The van der Waals surface area contributed by atoms with Gasteiger partial charge in [-0.05, 0) is 34.6 Å². The van der Waals surface area contributed by atoms with Crippen LogP contribution in [0.2, 0.25) is 0 Å². The third kappa shape index (κ3) is 5.58. The molecule has 0 atom stereocenters. The molecule has 0 saturated carbocycles. The maximum absolute atomic E-state index is 4.16. The molecule has 0 aromatic carbocycles. The molecule has 0 radical (unpaired) electrons. The first-order valence-corrected chi connectivity index (χ1v) is 6.38. The zero-order valence-electron chi connectivity index (χ0n) is 10.2. The minimum Gasteiger partial charge on any atom is -0.313 e. The second-order valence-electron chi connectivity index (χ2n) is 4.36. The number of rotatable bonds is 6. The Labute approximate surface area is 106 Å². The molecule has 1 aromatic rings. The fourth-order valence-corrected chi connectivity index (χ4v) is 1.89. The van der Waals surface area contributed by atoms with Crippen LogP contribution in [0.3, 0.4) is 0 Å². The minimum absolute atomic E-state index is 0.556. The first kappa shape index (κ1) is 13.6. The van der Waals surface area contributed by atoms with E-state index >= 15 is 0 Å². The number of likely N-dealkylation sites (N-methyl/N-ethyl adjacent to an activating group) is 1. The first-order chi connectivity index (χ1) is 7.58. The number of hydrogen-bond donors (Lipinski definition) is 1. The minimum atomic E-state index is 0.556. The molecule has 16 heavy (non-hydrogen) atoms. The van der Waals surface area contributed by atoms with E-state index in [0.717, 1.165) is 24.1 Å². The molecule has 1 aromatic heterocycles. The summed E-state index contributed by atoms with van der Waals surface area (Å²) >= 11 is 3.43. The summed E-state index contributed by atoms with van der Waals surface area (Å²) in [6.07, 6.45) is 3.72. The molecule has 3 nitrogen and oxygen atoms in total. The van der Waals surface area contributed by atoms with Crippen LogP contribution in [0.25, 0.3) is 0 Å². The number of halogens is 1. The van der Waals surface area contributed by atoms with Crippen LogP contribution in [0.15, 0.2) is 22.9 Å². The molecule has 0 bridgehead atoms. The van der Waals surface area contributed by atoms with E-state index in [4.69, 9.17) is 0 Å². The molecule has 1 rings (SSSR count). The van der Waals surface area contributed by atoms with Crippen molar-refractivity contribution in [2.75, 3.05) is 20.1 Å².